The van der Waals surface area contributed by atoms with Gasteiger partial charge in [-0.1, -0.05) is 0 Å². The third-order valence-electron chi connectivity index (χ3n) is 2.14. The molecule has 0 unspecified atom stereocenters. The Bertz CT molecular complexity index is 156. The average molecular weight is 221 g/mol. The van der Waals surface area contributed by atoms with Crippen LogP contribution in [0.3, 0.4) is 0 Å². The zero-order valence-electron chi connectivity index (χ0n) is 10.1. The Morgan fingerprint density at radius 1 is 1.13 bits per heavy atom. The number of hydrogen-bond acceptors (Lipinski definition) is 5. The second-order valence-corrected chi connectivity index (χ2v) is 3.55. The molecule has 0 heterocycles. The fourth-order valence-corrected chi connectivity index (χ4v) is 1.12. The van der Waals surface area contributed by atoms with Crippen LogP contribution in [0.1, 0.15) is 26.7 Å². The summed E-state index contributed by atoms with van der Waals surface area (Å²) in [5.74, 6) is -1.80. The molecule has 0 aromatic carbocycles. The smallest absolute Gasteiger partial charge is 0.224 e. The molecule has 0 aromatic heterocycles. The van der Waals surface area contributed by atoms with Crippen LogP contribution >= 0.6 is 0 Å². The minimum Gasteiger partial charge on any atom is -0.353 e. The van der Waals surface area contributed by atoms with Crippen molar-refractivity contribution in [2.24, 2.45) is 0 Å². The fourth-order valence-electron chi connectivity index (χ4n) is 1.12. The molecular formula is C10H23NO4. The summed E-state index contributed by atoms with van der Waals surface area (Å²) in [6.45, 7) is 4.86. The molecule has 0 radical (unpaired) electrons. The minimum atomic E-state index is -1.80. The van der Waals surface area contributed by atoms with Crippen molar-refractivity contribution in [3.8, 4) is 0 Å². The lowest BCUT2D eigenvalue weighted by Gasteiger charge is -2.30. The van der Waals surface area contributed by atoms with Crippen LogP contribution in [-0.2, 0) is 9.47 Å². The third kappa shape index (κ3) is 6.06. The molecule has 0 aliphatic rings. The largest absolute Gasteiger partial charge is 0.353 e. The second-order valence-electron chi connectivity index (χ2n) is 3.55. The fraction of sp³-hybridized carbons (Fsp3) is 1.00. The molecule has 92 valence electrons. The van der Waals surface area contributed by atoms with Crippen LogP contribution < -0.4 is 0 Å². The summed E-state index contributed by atoms with van der Waals surface area (Å²) >= 11 is 0. The van der Waals surface area contributed by atoms with Crippen molar-refractivity contribution >= 4 is 0 Å². The molecule has 0 aliphatic heterocycles. The van der Waals surface area contributed by atoms with Crippen molar-refractivity contribution in [3.05, 3.63) is 0 Å². The summed E-state index contributed by atoms with van der Waals surface area (Å²) in [5, 5.41) is 19.1. The summed E-state index contributed by atoms with van der Waals surface area (Å²) < 4.78 is 10.6. The van der Waals surface area contributed by atoms with Gasteiger partial charge in [-0.2, -0.15) is 0 Å². The lowest BCUT2D eigenvalue weighted by atomic mass is 10.2. The van der Waals surface area contributed by atoms with Gasteiger partial charge in [0.2, 0.25) is 5.91 Å². The van der Waals surface area contributed by atoms with Gasteiger partial charge in [0.25, 0.3) is 0 Å². The van der Waals surface area contributed by atoms with Gasteiger partial charge in [0.1, 0.15) is 0 Å². The van der Waals surface area contributed by atoms with E-state index in [1.165, 1.54) is 4.90 Å². The van der Waals surface area contributed by atoms with E-state index in [2.05, 4.69) is 0 Å². The molecule has 0 bridgehead atoms. The van der Waals surface area contributed by atoms with Gasteiger partial charge in [-0.25, -0.2) is 0 Å². The quantitative estimate of drug-likeness (QED) is 0.580. The van der Waals surface area contributed by atoms with Gasteiger partial charge in [-0.3, -0.25) is 4.90 Å². The van der Waals surface area contributed by atoms with E-state index in [9.17, 15) is 10.2 Å². The maximum absolute atomic E-state index is 9.55. The first-order valence-corrected chi connectivity index (χ1v) is 5.29. The lowest BCUT2D eigenvalue weighted by Crippen LogP contribution is -2.44. The third-order valence-corrected chi connectivity index (χ3v) is 2.14. The molecule has 0 rings (SSSR count). The van der Waals surface area contributed by atoms with E-state index in [0.29, 0.717) is 19.6 Å². The summed E-state index contributed by atoms with van der Waals surface area (Å²) in [7, 11) is 3.22. The van der Waals surface area contributed by atoms with Crippen LogP contribution in [-0.4, -0.2) is 54.6 Å². The van der Waals surface area contributed by atoms with Crippen molar-refractivity contribution in [1.82, 2.24) is 4.90 Å². The number of hydrogen-bond donors (Lipinski definition) is 2. The van der Waals surface area contributed by atoms with Crippen LogP contribution in [0.2, 0.25) is 0 Å². The first-order chi connectivity index (χ1) is 6.94. The Morgan fingerprint density at radius 2 is 1.60 bits per heavy atom. The standard InChI is InChI=1S/C10H23NO4/c1-5-14-9(15-6-2)7-8-10(12,13)11(3)4/h9,12-13H,5-8H2,1-4H3. The van der Waals surface area contributed by atoms with E-state index in [4.69, 9.17) is 9.47 Å². The molecule has 0 saturated heterocycles. The van der Waals surface area contributed by atoms with Crippen LogP contribution in [0.4, 0.5) is 0 Å². The van der Waals surface area contributed by atoms with Gasteiger partial charge in [-0.05, 0) is 27.9 Å². The molecule has 0 atom stereocenters. The van der Waals surface area contributed by atoms with Crippen LogP contribution in [0, 0.1) is 0 Å². The van der Waals surface area contributed by atoms with Gasteiger partial charge in [0, 0.05) is 26.1 Å². The van der Waals surface area contributed by atoms with Crippen LogP contribution in [0.5, 0.6) is 0 Å². The van der Waals surface area contributed by atoms with Gasteiger partial charge in [0.15, 0.2) is 6.29 Å². The normalized spacial score (nSPS) is 12.8. The van der Waals surface area contributed by atoms with E-state index in [-0.39, 0.29) is 12.7 Å². The predicted octanol–water partition coefficient (Wildman–Crippen LogP) is 0.366. The Kier molecular flexibility index (Phi) is 7.04. The van der Waals surface area contributed by atoms with Gasteiger partial charge in [-0.15, -0.1) is 0 Å². The topological polar surface area (TPSA) is 62.2 Å². The Morgan fingerprint density at radius 3 is 1.93 bits per heavy atom. The van der Waals surface area contributed by atoms with Gasteiger partial charge in [0.05, 0.1) is 0 Å². The predicted molar refractivity (Wildman–Crippen MR) is 57.1 cm³/mol. The first-order valence-electron chi connectivity index (χ1n) is 5.29. The summed E-state index contributed by atoms with van der Waals surface area (Å²) in [4.78, 5) is 1.35. The highest BCUT2D eigenvalue weighted by Crippen LogP contribution is 2.15. The molecule has 0 aromatic rings. The Hall–Kier alpha value is -0.200. The monoisotopic (exact) mass is 221 g/mol. The molecule has 0 fully saturated rings. The summed E-state index contributed by atoms with van der Waals surface area (Å²) in [6.07, 6.45) is 0.274. The number of nitrogens with zero attached hydrogens (tertiary/aromatic N) is 1. The van der Waals surface area contributed by atoms with Gasteiger partial charge < -0.3 is 19.7 Å². The lowest BCUT2D eigenvalue weighted by molar-refractivity contribution is -0.262. The average Bonchev–Trinajstić information content (AvgIpc) is 2.15. The molecule has 5 nitrogen and oxygen atoms in total. The summed E-state index contributed by atoms with van der Waals surface area (Å²) in [5.41, 5.74) is 0. The van der Waals surface area contributed by atoms with Crippen molar-refractivity contribution in [2.75, 3.05) is 27.3 Å². The molecule has 0 aliphatic carbocycles. The van der Waals surface area contributed by atoms with Crippen LogP contribution in [0.25, 0.3) is 0 Å². The van der Waals surface area contributed by atoms with Crippen LogP contribution in [0.15, 0.2) is 0 Å². The van der Waals surface area contributed by atoms with E-state index < -0.39 is 5.91 Å². The van der Waals surface area contributed by atoms with Crippen molar-refractivity contribution in [3.63, 3.8) is 0 Å². The molecule has 2 N–H and O–H groups in total. The highest BCUT2D eigenvalue weighted by atomic mass is 16.7. The molecule has 0 amide bonds. The molecular weight excluding hydrogens is 198 g/mol. The zero-order chi connectivity index (χ0) is 11.9. The van der Waals surface area contributed by atoms with E-state index in [1.807, 2.05) is 13.8 Å². The Labute approximate surface area is 91.6 Å². The highest BCUT2D eigenvalue weighted by molar-refractivity contribution is 4.62. The zero-order valence-corrected chi connectivity index (χ0v) is 10.1. The van der Waals surface area contributed by atoms with E-state index >= 15 is 0 Å². The Balaban J connectivity index is 3.97. The minimum absolute atomic E-state index is 0.185. The summed E-state index contributed by atoms with van der Waals surface area (Å²) in [6, 6.07) is 0. The van der Waals surface area contributed by atoms with E-state index in [1.54, 1.807) is 14.1 Å². The number of ether oxygens (including phenoxy) is 2. The van der Waals surface area contributed by atoms with Crippen molar-refractivity contribution < 1.29 is 19.7 Å². The maximum Gasteiger partial charge on any atom is 0.224 e. The molecule has 0 saturated carbocycles. The van der Waals surface area contributed by atoms with Crippen molar-refractivity contribution in [2.45, 2.75) is 38.9 Å². The number of aliphatic hydroxyl groups is 2. The SMILES string of the molecule is CCOC(CCC(O)(O)N(C)C)OCC. The molecule has 5 heteroatoms. The van der Waals surface area contributed by atoms with E-state index in [0.717, 1.165) is 0 Å². The second kappa shape index (κ2) is 7.14. The molecule has 0 spiro atoms. The number of rotatable bonds is 8. The maximum atomic E-state index is 9.55. The highest BCUT2D eigenvalue weighted by Gasteiger charge is 2.27. The first kappa shape index (κ1) is 14.8. The molecule has 15 heavy (non-hydrogen) atoms. The van der Waals surface area contributed by atoms with Crippen molar-refractivity contribution in [1.29, 1.82) is 0 Å². The van der Waals surface area contributed by atoms with Gasteiger partial charge >= 0.3 is 0 Å².